The standard InChI is InChI=1S/C41H58FN7O3/c1-4-5-6-7-8-9-10-11-12-13-14-17-28-46(2)41(50)52-32-51-38-24-27-43-39(45-38)47(3)35-25-29-48(30-26-35)40-44-36-18-15-16-19-37(36)49(40)31-33-20-22-34(42)23-21-33/h15-16,18-24,27,35H,4-14,17,25-26,28-32H2,1-3H3. The number of nitrogens with zero attached hydrogens (tertiary/aromatic N) is 7. The van der Waals surface area contributed by atoms with Crippen LogP contribution in [0.1, 0.15) is 102 Å². The first-order valence-electron chi connectivity index (χ1n) is 19.4. The number of halogens is 1. The molecule has 0 unspecified atom stereocenters. The number of piperidine rings is 1. The van der Waals surface area contributed by atoms with Crippen LogP contribution in [-0.2, 0) is 11.3 Å². The van der Waals surface area contributed by atoms with Gasteiger partial charge in [0, 0.05) is 52.0 Å². The third-order valence-electron chi connectivity index (χ3n) is 10.2. The van der Waals surface area contributed by atoms with E-state index < -0.39 is 6.09 Å². The fourth-order valence-corrected chi connectivity index (χ4v) is 6.96. The Balaban J connectivity index is 1.01. The number of aromatic nitrogens is 4. The number of ether oxygens (including phenoxy) is 2. The average Bonchev–Trinajstić information content (AvgIpc) is 3.53. The molecule has 282 valence electrons. The van der Waals surface area contributed by atoms with Crippen molar-refractivity contribution in [2.75, 3.05) is 50.3 Å². The van der Waals surface area contributed by atoms with Crippen LogP contribution in [0, 0.1) is 5.82 Å². The summed E-state index contributed by atoms with van der Waals surface area (Å²) in [5.74, 6) is 1.61. The summed E-state index contributed by atoms with van der Waals surface area (Å²) in [4.78, 5) is 32.7. The predicted octanol–water partition coefficient (Wildman–Crippen LogP) is 9.22. The molecule has 1 fully saturated rings. The molecule has 3 heterocycles. The molecule has 0 saturated carbocycles. The van der Waals surface area contributed by atoms with Crippen LogP contribution in [0.2, 0.25) is 0 Å². The molecule has 0 radical (unpaired) electrons. The molecule has 1 aliphatic heterocycles. The van der Waals surface area contributed by atoms with Gasteiger partial charge in [-0.2, -0.15) is 4.98 Å². The first-order chi connectivity index (χ1) is 25.4. The Bertz CT molecular complexity index is 1640. The molecule has 1 aliphatic rings. The zero-order valence-corrected chi connectivity index (χ0v) is 31.5. The number of carbonyl (C=O) groups excluding carboxylic acids is 1. The number of rotatable bonds is 21. The van der Waals surface area contributed by atoms with Crippen LogP contribution in [0.4, 0.5) is 21.1 Å². The fraction of sp³-hybridized carbons (Fsp3) is 0.561. The molecular weight excluding hydrogens is 657 g/mol. The zero-order chi connectivity index (χ0) is 36.5. The lowest BCUT2D eigenvalue weighted by atomic mass is 10.0. The third kappa shape index (κ3) is 11.5. The number of fused-ring (bicyclic) bond motifs is 1. The van der Waals surface area contributed by atoms with Gasteiger partial charge in [0.05, 0.1) is 17.6 Å². The van der Waals surface area contributed by atoms with Gasteiger partial charge in [0.2, 0.25) is 24.6 Å². The summed E-state index contributed by atoms with van der Waals surface area (Å²) in [6.07, 6.45) is 18.5. The molecule has 52 heavy (non-hydrogen) atoms. The molecule has 11 heteroatoms. The van der Waals surface area contributed by atoms with E-state index in [0.717, 1.165) is 61.3 Å². The summed E-state index contributed by atoms with van der Waals surface area (Å²) in [5.41, 5.74) is 3.03. The first kappa shape index (κ1) is 38.8. The van der Waals surface area contributed by atoms with Crippen LogP contribution in [0.3, 0.4) is 0 Å². The average molecular weight is 716 g/mol. The van der Waals surface area contributed by atoms with Gasteiger partial charge in [-0.15, -0.1) is 0 Å². The van der Waals surface area contributed by atoms with E-state index >= 15 is 0 Å². The molecule has 5 rings (SSSR count). The molecular formula is C41H58FN7O3. The molecule has 2 aromatic heterocycles. The Morgan fingerprint density at radius 2 is 1.50 bits per heavy atom. The van der Waals surface area contributed by atoms with Crippen molar-refractivity contribution in [3.05, 3.63) is 72.2 Å². The second-order valence-electron chi connectivity index (χ2n) is 14.1. The topological polar surface area (TPSA) is 88.9 Å². The normalized spacial score (nSPS) is 13.4. The van der Waals surface area contributed by atoms with Crippen molar-refractivity contribution in [3.8, 4) is 5.88 Å². The van der Waals surface area contributed by atoms with Crippen LogP contribution in [0.25, 0.3) is 11.0 Å². The minimum atomic E-state index is -0.396. The van der Waals surface area contributed by atoms with Crippen LogP contribution >= 0.6 is 0 Å². The molecule has 1 saturated heterocycles. The molecule has 0 atom stereocenters. The van der Waals surface area contributed by atoms with E-state index in [2.05, 4.69) is 37.3 Å². The molecule has 2 aromatic carbocycles. The number of unbranched alkanes of at least 4 members (excludes halogenated alkanes) is 11. The van der Waals surface area contributed by atoms with Gasteiger partial charge < -0.3 is 28.7 Å². The van der Waals surface area contributed by atoms with Gasteiger partial charge in [-0.05, 0) is 49.1 Å². The lowest BCUT2D eigenvalue weighted by molar-refractivity contribution is 0.0369. The number of benzene rings is 2. The summed E-state index contributed by atoms with van der Waals surface area (Å²) in [5, 5.41) is 0. The monoisotopic (exact) mass is 715 g/mol. The molecule has 4 aromatic rings. The number of hydrogen-bond acceptors (Lipinski definition) is 8. The van der Waals surface area contributed by atoms with Crippen molar-refractivity contribution in [1.29, 1.82) is 0 Å². The van der Waals surface area contributed by atoms with E-state index in [1.54, 1.807) is 24.2 Å². The Morgan fingerprint density at radius 3 is 2.19 bits per heavy atom. The minimum absolute atomic E-state index is 0.209. The summed E-state index contributed by atoms with van der Waals surface area (Å²) in [6.45, 7) is 4.98. The van der Waals surface area contributed by atoms with Crippen LogP contribution in [0.15, 0.2) is 60.8 Å². The Hall–Kier alpha value is -4.41. The van der Waals surface area contributed by atoms with Crippen LogP contribution < -0.4 is 14.5 Å². The number of imidazole rings is 1. The molecule has 0 N–H and O–H groups in total. The van der Waals surface area contributed by atoms with Crippen molar-refractivity contribution < 1.29 is 18.7 Å². The highest BCUT2D eigenvalue weighted by Gasteiger charge is 2.27. The highest BCUT2D eigenvalue weighted by Crippen LogP contribution is 2.28. The summed E-state index contributed by atoms with van der Waals surface area (Å²) in [7, 11) is 3.78. The lowest BCUT2D eigenvalue weighted by Crippen LogP contribution is -2.44. The molecule has 0 aliphatic carbocycles. The van der Waals surface area contributed by atoms with E-state index in [0.29, 0.717) is 24.9 Å². The number of amides is 1. The maximum Gasteiger partial charge on any atom is 0.412 e. The van der Waals surface area contributed by atoms with Gasteiger partial charge >= 0.3 is 6.09 Å². The van der Waals surface area contributed by atoms with E-state index in [4.69, 9.17) is 14.5 Å². The Morgan fingerprint density at radius 1 is 0.846 bits per heavy atom. The Kier molecular flexibility index (Phi) is 15.4. The van der Waals surface area contributed by atoms with Gasteiger partial charge in [-0.25, -0.2) is 19.2 Å². The SMILES string of the molecule is CCCCCCCCCCCCCCN(C)C(=O)OCOc1ccnc(N(C)C2CCN(c3nc4ccccc4n3Cc3ccc(F)cc3)CC2)n1. The van der Waals surface area contributed by atoms with Crippen LogP contribution in [-0.4, -0.2) is 77.1 Å². The molecule has 0 bridgehead atoms. The summed E-state index contributed by atoms with van der Waals surface area (Å²) < 4.78 is 26.9. The Labute approximate surface area is 309 Å². The third-order valence-corrected chi connectivity index (χ3v) is 10.2. The highest BCUT2D eigenvalue weighted by molar-refractivity contribution is 5.79. The minimum Gasteiger partial charge on any atom is -0.440 e. The van der Waals surface area contributed by atoms with Crippen molar-refractivity contribution in [2.24, 2.45) is 0 Å². The van der Waals surface area contributed by atoms with Crippen molar-refractivity contribution >= 4 is 29.0 Å². The van der Waals surface area contributed by atoms with Crippen molar-refractivity contribution in [2.45, 2.75) is 109 Å². The number of carbonyl (C=O) groups is 1. The first-order valence-corrected chi connectivity index (χ1v) is 19.4. The van der Waals surface area contributed by atoms with Gasteiger partial charge in [0.25, 0.3) is 0 Å². The second kappa shape index (κ2) is 20.6. The van der Waals surface area contributed by atoms with Gasteiger partial charge in [0.15, 0.2) is 0 Å². The van der Waals surface area contributed by atoms with Gasteiger partial charge in [-0.3, -0.25) is 0 Å². The maximum atomic E-state index is 13.6. The highest BCUT2D eigenvalue weighted by atomic mass is 19.1. The number of anilines is 2. The quantitative estimate of drug-likeness (QED) is 0.0624. The van der Waals surface area contributed by atoms with Crippen LogP contribution in [0.5, 0.6) is 5.88 Å². The summed E-state index contributed by atoms with van der Waals surface area (Å²) >= 11 is 0. The molecule has 10 nitrogen and oxygen atoms in total. The zero-order valence-electron chi connectivity index (χ0n) is 31.5. The maximum absolute atomic E-state index is 13.6. The van der Waals surface area contributed by atoms with Gasteiger partial charge in [0.1, 0.15) is 5.82 Å². The smallest absolute Gasteiger partial charge is 0.412 e. The van der Waals surface area contributed by atoms with E-state index in [9.17, 15) is 9.18 Å². The number of hydrogen-bond donors (Lipinski definition) is 0. The molecule has 0 spiro atoms. The van der Waals surface area contributed by atoms with E-state index in [-0.39, 0.29) is 18.7 Å². The predicted molar refractivity (Wildman–Crippen MR) is 207 cm³/mol. The number of para-hydroxylation sites is 2. The summed E-state index contributed by atoms with van der Waals surface area (Å²) in [6, 6.07) is 16.7. The van der Waals surface area contributed by atoms with Gasteiger partial charge in [-0.1, -0.05) is 102 Å². The second-order valence-corrected chi connectivity index (χ2v) is 14.1. The lowest BCUT2D eigenvalue weighted by Gasteiger charge is -2.37. The van der Waals surface area contributed by atoms with E-state index in [1.165, 1.54) is 76.3 Å². The van der Waals surface area contributed by atoms with E-state index in [1.807, 2.05) is 37.4 Å². The fourth-order valence-electron chi connectivity index (χ4n) is 6.96. The van der Waals surface area contributed by atoms with Crippen molar-refractivity contribution in [3.63, 3.8) is 0 Å². The largest absolute Gasteiger partial charge is 0.440 e. The molecule has 1 amide bonds. The van der Waals surface area contributed by atoms with Crippen molar-refractivity contribution in [1.82, 2.24) is 24.4 Å².